The number of carbonyl (C=O) groups is 1. The van der Waals surface area contributed by atoms with Gasteiger partial charge in [0.15, 0.2) is 5.41 Å². The molecule has 1 aliphatic heterocycles. The molecule has 1 fully saturated rings. The molecule has 4 heteroatoms. The molecule has 1 heterocycles. The Kier molecular flexibility index (Phi) is 2.05. The van der Waals surface area contributed by atoms with Crippen molar-refractivity contribution in [3.8, 4) is 12.3 Å². The number of alkyl halides is 2. The molecule has 1 aliphatic rings. The second-order valence-electron chi connectivity index (χ2n) is 2.89. The van der Waals surface area contributed by atoms with Gasteiger partial charge in [-0.25, -0.2) is 8.78 Å². The van der Waals surface area contributed by atoms with E-state index in [4.69, 9.17) is 6.42 Å². The van der Waals surface area contributed by atoms with Gasteiger partial charge < -0.3 is 4.90 Å². The normalized spacial score (nSPS) is 29.6. The third-order valence-corrected chi connectivity index (χ3v) is 2.20. The molecule has 0 aromatic rings. The molecule has 66 valence electrons. The molecular formula is C8H9F2NO. The zero-order valence-electron chi connectivity index (χ0n) is 6.68. The van der Waals surface area contributed by atoms with Crippen LogP contribution < -0.4 is 0 Å². The van der Waals surface area contributed by atoms with Crippen molar-refractivity contribution in [3.05, 3.63) is 0 Å². The van der Waals surface area contributed by atoms with Crippen molar-refractivity contribution >= 4 is 5.91 Å². The Labute approximate surface area is 69.5 Å². The first-order valence-corrected chi connectivity index (χ1v) is 3.56. The SMILES string of the molecule is C#CC1(C(F)F)CCN(C)C1=O. The predicted octanol–water partition coefficient (Wildman–Crippen LogP) is 0.733. The number of nitrogens with zero attached hydrogens (tertiary/aromatic N) is 1. The van der Waals surface area contributed by atoms with Crippen LogP contribution in [0.2, 0.25) is 0 Å². The molecule has 1 saturated heterocycles. The summed E-state index contributed by atoms with van der Waals surface area (Å²) in [5, 5.41) is 0. The van der Waals surface area contributed by atoms with Crippen LogP contribution in [-0.4, -0.2) is 30.8 Å². The molecule has 0 N–H and O–H groups in total. The number of terminal acetylenes is 1. The summed E-state index contributed by atoms with van der Waals surface area (Å²) in [6, 6.07) is 0. The fraction of sp³-hybridized carbons (Fsp3) is 0.625. The summed E-state index contributed by atoms with van der Waals surface area (Å²) in [6.45, 7) is 0.313. The first-order chi connectivity index (χ1) is 5.54. The summed E-state index contributed by atoms with van der Waals surface area (Å²) in [4.78, 5) is 12.4. The molecule has 0 spiro atoms. The summed E-state index contributed by atoms with van der Waals surface area (Å²) in [7, 11) is 1.48. The average Bonchev–Trinajstić information content (AvgIpc) is 2.31. The Morgan fingerprint density at radius 2 is 2.33 bits per heavy atom. The third kappa shape index (κ3) is 0.970. The van der Waals surface area contributed by atoms with Crippen LogP contribution in [-0.2, 0) is 4.79 Å². The summed E-state index contributed by atoms with van der Waals surface area (Å²) in [5.74, 6) is 1.28. The van der Waals surface area contributed by atoms with Crippen molar-refractivity contribution in [2.45, 2.75) is 12.8 Å². The Morgan fingerprint density at radius 1 is 1.75 bits per heavy atom. The minimum Gasteiger partial charge on any atom is -0.344 e. The highest BCUT2D eigenvalue weighted by molar-refractivity contribution is 5.88. The van der Waals surface area contributed by atoms with Gasteiger partial charge in [-0.2, -0.15) is 0 Å². The molecule has 1 unspecified atom stereocenters. The fourth-order valence-electron chi connectivity index (χ4n) is 1.29. The lowest BCUT2D eigenvalue weighted by molar-refractivity contribution is -0.138. The van der Waals surface area contributed by atoms with Gasteiger partial charge in [-0.05, 0) is 6.42 Å². The lowest BCUT2D eigenvalue weighted by atomic mass is 9.88. The molecular weight excluding hydrogens is 164 g/mol. The molecule has 0 radical (unpaired) electrons. The average molecular weight is 173 g/mol. The summed E-state index contributed by atoms with van der Waals surface area (Å²) < 4.78 is 24.9. The molecule has 0 bridgehead atoms. The Bertz CT molecular complexity index is 246. The quantitative estimate of drug-likeness (QED) is 0.535. The van der Waals surface area contributed by atoms with Crippen molar-refractivity contribution in [1.29, 1.82) is 0 Å². The zero-order chi connectivity index (χ0) is 9.35. The molecule has 1 amide bonds. The molecule has 0 aromatic heterocycles. The van der Waals surface area contributed by atoms with Gasteiger partial charge in [-0.3, -0.25) is 4.79 Å². The summed E-state index contributed by atoms with van der Waals surface area (Å²) >= 11 is 0. The lowest BCUT2D eigenvalue weighted by Gasteiger charge is -2.19. The van der Waals surface area contributed by atoms with Crippen molar-refractivity contribution in [2.24, 2.45) is 5.41 Å². The zero-order valence-corrected chi connectivity index (χ0v) is 6.68. The standard InChI is InChI=1S/C8H9F2NO/c1-3-8(6(9)10)4-5-11(2)7(8)12/h1,6H,4-5H2,2H3. The van der Waals surface area contributed by atoms with Crippen LogP contribution in [0.3, 0.4) is 0 Å². The van der Waals surface area contributed by atoms with Crippen LogP contribution in [0.4, 0.5) is 8.78 Å². The van der Waals surface area contributed by atoms with E-state index in [1.54, 1.807) is 0 Å². The summed E-state index contributed by atoms with van der Waals surface area (Å²) in [6.07, 6.45) is 2.23. The molecule has 2 nitrogen and oxygen atoms in total. The minimum atomic E-state index is -2.76. The van der Waals surface area contributed by atoms with E-state index >= 15 is 0 Å². The number of hydrogen-bond donors (Lipinski definition) is 0. The topological polar surface area (TPSA) is 20.3 Å². The molecule has 12 heavy (non-hydrogen) atoms. The van der Waals surface area contributed by atoms with Gasteiger partial charge in [0.2, 0.25) is 5.91 Å². The molecule has 0 aliphatic carbocycles. The first kappa shape index (κ1) is 8.98. The van der Waals surface area contributed by atoms with Crippen LogP contribution in [0.1, 0.15) is 6.42 Å². The molecule has 0 saturated carbocycles. The maximum atomic E-state index is 12.4. The van der Waals surface area contributed by atoms with Gasteiger partial charge in [-0.15, -0.1) is 6.42 Å². The number of carbonyl (C=O) groups excluding carboxylic acids is 1. The van der Waals surface area contributed by atoms with Gasteiger partial charge in [0.25, 0.3) is 6.43 Å². The molecule has 1 rings (SSSR count). The highest BCUT2D eigenvalue weighted by atomic mass is 19.3. The Balaban J connectivity index is 2.99. The van der Waals surface area contributed by atoms with Gasteiger partial charge in [-0.1, -0.05) is 5.92 Å². The minimum absolute atomic E-state index is 0.0521. The van der Waals surface area contributed by atoms with E-state index in [1.165, 1.54) is 11.9 Å². The van der Waals surface area contributed by atoms with Crippen LogP contribution in [0.5, 0.6) is 0 Å². The van der Waals surface area contributed by atoms with Crippen molar-refractivity contribution < 1.29 is 13.6 Å². The van der Waals surface area contributed by atoms with E-state index in [2.05, 4.69) is 0 Å². The number of likely N-dealkylation sites (tertiary alicyclic amines) is 1. The molecule has 0 aromatic carbocycles. The first-order valence-electron chi connectivity index (χ1n) is 3.56. The number of hydrogen-bond acceptors (Lipinski definition) is 1. The van der Waals surface area contributed by atoms with Crippen LogP contribution in [0.25, 0.3) is 0 Å². The van der Waals surface area contributed by atoms with Crippen LogP contribution in [0.15, 0.2) is 0 Å². The second kappa shape index (κ2) is 2.74. The van der Waals surface area contributed by atoms with E-state index < -0.39 is 17.7 Å². The van der Waals surface area contributed by atoms with Gasteiger partial charge in [0.05, 0.1) is 0 Å². The predicted molar refractivity (Wildman–Crippen MR) is 39.5 cm³/mol. The number of rotatable bonds is 1. The smallest absolute Gasteiger partial charge is 0.263 e. The van der Waals surface area contributed by atoms with E-state index in [0.717, 1.165) is 0 Å². The lowest BCUT2D eigenvalue weighted by Crippen LogP contribution is -2.37. The van der Waals surface area contributed by atoms with Gasteiger partial charge >= 0.3 is 0 Å². The van der Waals surface area contributed by atoms with Crippen molar-refractivity contribution in [1.82, 2.24) is 4.90 Å². The Morgan fingerprint density at radius 3 is 2.50 bits per heavy atom. The molecule has 1 atom stereocenters. The maximum absolute atomic E-state index is 12.4. The van der Waals surface area contributed by atoms with E-state index in [0.29, 0.717) is 6.54 Å². The van der Waals surface area contributed by atoms with E-state index in [-0.39, 0.29) is 6.42 Å². The highest BCUT2D eigenvalue weighted by Crippen LogP contribution is 2.36. The van der Waals surface area contributed by atoms with Crippen molar-refractivity contribution in [2.75, 3.05) is 13.6 Å². The van der Waals surface area contributed by atoms with E-state index in [9.17, 15) is 13.6 Å². The third-order valence-electron chi connectivity index (χ3n) is 2.20. The largest absolute Gasteiger partial charge is 0.344 e. The monoisotopic (exact) mass is 173 g/mol. The van der Waals surface area contributed by atoms with Crippen LogP contribution in [0, 0.1) is 17.8 Å². The van der Waals surface area contributed by atoms with Gasteiger partial charge in [0, 0.05) is 13.6 Å². The Hall–Kier alpha value is -1.11. The number of amides is 1. The van der Waals surface area contributed by atoms with Gasteiger partial charge in [0.1, 0.15) is 0 Å². The van der Waals surface area contributed by atoms with Crippen LogP contribution >= 0.6 is 0 Å². The van der Waals surface area contributed by atoms with Crippen molar-refractivity contribution in [3.63, 3.8) is 0 Å². The second-order valence-corrected chi connectivity index (χ2v) is 2.89. The van der Waals surface area contributed by atoms with E-state index in [1.807, 2.05) is 5.92 Å². The maximum Gasteiger partial charge on any atom is 0.263 e. The number of halogens is 2. The highest BCUT2D eigenvalue weighted by Gasteiger charge is 2.51. The fourth-order valence-corrected chi connectivity index (χ4v) is 1.29. The summed E-state index contributed by atoms with van der Waals surface area (Å²) in [5.41, 5.74) is -1.85.